The van der Waals surface area contributed by atoms with Crippen molar-refractivity contribution in [3.63, 3.8) is 0 Å². The first kappa shape index (κ1) is 23.3. The Bertz CT molecular complexity index is 861. The van der Waals surface area contributed by atoms with E-state index in [9.17, 15) is 9.59 Å². The Balaban J connectivity index is 2.19. The molecule has 5 nitrogen and oxygen atoms in total. The lowest BCUT2D eigenvalue weighted by atomic mass is 10.1. The van der Waals surface area contributed by atoms with Crippen LogP contribution in [0.2, 0.25) is 15.1 Å². The van der Waals surface area contributed by atoms with Crippen molar-refractivity contribution in [1.29, 1.82) is 0 Å². The molecule has 0 aliphatic rings. The Hall–Kier alpha value is -1.95. The first-order valence-electron chi connectivity index (χ1n) is 9.22. The van der Waals surface area contributed by atoms with Gasteiger partial charge in [-0.05, 0) is 43.2 Å². The van der Waals surface area contributed by atoms with E-state index in [0.29, 0.717) is 32.9 Å². The topological polar surface area (TPSA) is 58.6 Å². The van der Waals surface area contributed by atoms with Gasteiger partial charge in [0.1, 0.15) is 11.8 Å². The van der Waals surface area contributed by atoms with Gasteiger partial charge in [-0.1, -0.05) is 59.9 Å². The Morgan fingerprint density at radius 2 is 1.83 bits per heavy atom. The number of benzene rings is 2. The van der Waals surface area contributed by atoms with Crippen molar-refractivity contribution in [3.05, 3.63) is 63.1 Å². The summed E-state index contributed by atoms with van der Waals surface area (Å²) in [4.78, 5) is 26.9. The maximum Gasteiger partial charge on any atom is 0.261 e. The molecule has 2 aromatic rings. The van der Waals surface area contributed by atoms with Crippen molar-refractivity contribution in [3.8, 4) is 5.75 Å². The van der Waals surface area contributed by atoms with E-state index in [2.05, 4.69) is 5.32 Å². The summed E-state index contributed by atoms with van der Waals surface area (Å²) in [5.74, 6) is -0.215. The standard InChI is InChI=1S/C21H23Cl3N2O3/c1-3-10-25-21(28)14(2)26(12-15-8-9-16(22)11-18(15)24)20(27)13-29-19-7-5-4-6-17(19)23/h4-9,11,14H,3,10,12-13H2,1-2H3,(H,25,28)/t14-/m0/s1. The largest absolute Gasteiger partial charge is 0.482 e. The van der Waals surface area contributed by atoms with Gasteiger partial charge in [0.25, 0.3) is 5.91 Å². The van der Waals surface area contributed by atoms with Crippen LogP contribution in [0.3, 0.4) is 0 Å². The lowest BCUT2D eigenvalue weighted by molar-refractivity contribution is -0.142. The molecule has 0 aliphatic carbocycles. The number of halogens is 3. The van der Waals surface area contributed by atoms with Crippen LogP contribution in [0.4, 0.5) is 0 Å². The van der Waals surface area contributed by atoms with E-state index >= 15 is 0 Å². The van der Waals surface area contributed by atoms with E-state index in [1.807, 2.05) is 6.92 Å². The highest BCUT2D eigenvalue weighted by Gasteiger charge is 2.27. The molecule has 0 aromatic heterocycles. The molecule has 0 aliphatic heterocycles. The number of carbonyl (C=O) groups excluding carboxylic acids is 2. The van der Waals surface area contributed by atoms with Crippen molar-refractivity contribution in [2.24, 2.45) is 0 Å². The molecule has 1 N–H and O–H groups in total. The normalized spacial score (nSPS) is 11.6. The van der Waals surface area contributed by atoms with Gasteiger partial charge >= 0.3 is 0 Å². The molecule has 0 saturated heterocycles. The molecular weight excluding hydrogens is 435 g/mol. The van der Waals surface area contributed by atoms with Gasteiger partial charge in [0.15, 0.2) is 6.61 Å². The van der Waals surface area contributed by atoms with Gasteiger partial charge in [0.05, 0.1) is 5.02 Å². The molecular formula is C21H23Cl3N2O3. The van der Waals surface area contributed by atoms with Crippen LogP contribution < -0.4 is 10.1 Å². The fraction of sp³-hybridized carbons (Fsp3) is 0.333. The van der Waals surface area contributed by atoms with Gasteiger partial charge < -0.3 is 15.0 Å². The lowest BCUT2D eigenvalue weighted by Gasteiger charge is -2.29. The monoisotopic (exact) mass is 456 g/mol. The third-order valence-electron chi connectivity index (χ3n) is 4.26. The molecule has 0 radical (unpaired) electrons. The number of amides is 2. The van der Waals surface area contributed by atoms with Gasteiger partial charge in [-0.3, -0.25) is 9.59 Å². The average Bonchev–Trinajstić information content (AvgIpc) is 2.70. The first-order valence-corrected chi connectivity index (χ1v) is 10.3. The molecule has 0 fully saturated rings. The second-order valence-electron chi connectivity index (χ2n) is 6.44. The fourth-order valence-corrected chi connectivity index (χ4v) is 3.25. The molecule has 2 rings (SSSR count). The first-order chi connectivity index (χ1) is 13.8. The van der Waals surface area contributed by atoms with Crippen molar-refractivity contribution in [1.82, 2.24) is 10.2 Å². The van der Waals surface area contributed by atoms with E-state index < -0.39 is 6.04 Å². The number of nitrogens with zero attached hydrogens (tertiary/aromatic N) is 1. The Morgan fingerprint density at radius 3 is 2.48 bits per heavy atom. The summed E-state index contributed by atoms with van der Waals surface area (Å²) in [5.41, 5.74) is 0.678. The molecule has 1 atom stereocenters. The van der Waals surface area contributed by atoms with Crippen LogP contribution in [0.5, 0.6) is 5.75 Å². The van der Waals surface area contributed by atoms with Crippen LogP contribution in [0, 0.1) is 0 Å². The van der Waals surface area contributed by atoms with Crippen LogP contribution in [-0.4, -0.2) is 35.9 Å². The molecule has 0 spiro atoms. The molecule has 2 aromatic carbocycles. The van der Waals surface area contributed by atoms with E-state index in [-0.39, 0.29) is 25.0 Å². The van der Waals surface area contributed by atoms with Crippen molar-refractivity contribution in [2.45, 2.75) is 32.9 Å². The van der Waals surface area contributed by atoms with E-state index in [4.69, 9.17) is 39.5 Å². The predicted octanol–water partition coefficient (Wildman–Crippen LogP) is 4.97. The summed E-state index contributed by atoms with van der Waals surface area (Å²) in [5, 5.41) is 4.13. The SMILES string of the molecule is CCCNC(=O)[C@H](C)N(Cc1ccc(Cl)cc1Cl)C(=O)COc1ccccc1Cl. The quantitative estimate of drug-likeness (QED) is 0.578. The van der Waals surface area contributed by atoms with Gasteiger partial charge in [0.2, 0.25) is 5.91 Å². The number of para-hydroxylation sites is 1. The highest BCUT2D eigenvalue weighted by atomic mass is 35.5. The summed E-state index contributed by atoms with van der Waals surface area (Å²) < 4.78 is 5.57. The van der Waals surface area contributed by atoms with Gasteiger partial charge in [-0.25, -0.2) is 0 Å². The third-order valence-corrected chi connectivity index (χ3v) is 5.16. The number of hydrogen-bond acceptors (Lipinski definition) is 3. The molecule has 0 bridgehead atoms. The van der Waals surface area contributed by atoms with E-state index in [1.165, 1.54) is 4.90 Å². The summed E-state index contributed by atoms with van der Waals surface area (Å²) in [6.07, 6.45) is 0.797. The van der Waals surface area contributed by atoms with Crippen LogP contribution in [-0.2, 0) is 16.1 Å². The second-order valence-corrected chi connectivity index (χ2v) is 7.69. The number of ether oxygens (including phenoxy) is 1. The number of hydrogen-bond donors (Lipinski definition) is 1. The summed E-state index contributed by atoms with van der Waals surface area (Å²) >= 11 is 18.3. The zero-order chi connectivity index (χ0) is 21.4. The van der Waals surface area contributed by atoms with Gasteiger partial charge in [-0.15, -0.1) is 0 Å². The average molecular weight is 458 g/mol. The van der Waals surface area contributed by atoms with Crippen molar-refractivity contribution in [2.75, 3.05) is 13.2 Å². The zero-order valence-electron chi connectivity index (χ0n) is 16.3. The van der Waals surface area contributed by atoms with E-state index in [1.54, 1.807) is 49.4 Å². The highest BCUT2D eigenvalue weighted by molar-refractivity contribution is 6.35. The number of rotatable bonds is 9. The summed E-state index contributed by atoms with van der Waals surface area (Å²) in [7, 11) is 0. The summed E-state index contributed by atoms with van der Waals surface area (Å²) in [6.45, 7) is 4.03. The highest BCUT2D eigenvalue weighted by Crippen LogP contribution is 2.25. The van der Waals surface area contributed by atoms with Crippen LogP contribution in [0.15, 0.2) is 42.5 Å². The molecule has 156 valence electrons. The number of carbonyl (C=O) groups is 2. The van der Waals surface area contributed by atoms with E-state index in [0.717, 1.165) is 6.42 Å². The fourth-order valence-electron chi connectivity index (χ4n) is 2.60. The predicted molar refractivity (Wildman–Crippen MR) is 117 cm³/mol. The second kappa shape index (κ2) is 11.3. The van der Waals surface area contributed by atoms with Gasteiger partial charge in [-0.2, -0.15) is 0 Å². The molecule has 29 heavy (non-hydrogen) atoms. The maximum absolute atomic E-state index is 12.9. The third kappa shape index (κ3) is 6.81. The molecule has 0 heterocycles. The van der Waals surface area contributed by atoms with Gasteiger partial charge in [0, 0.05) is 23.1 Å². The lowest BCUT2D eigenvalue weighted by Crippen LogP contribution is -2.49. The van der Waals surface area contributed by atoms with Crippen molar-refractivity contribution < 1.29 is 14.3 Å². The maximum atomic E-state index is 12.9. The van der Waals surface area contributed by atoms with Crippen LogP contribution in [0.25, 0.3) is 0 Å². The minimum Gasteiger partial charge on any atom is -0.482 e. The Labute approximate surface area is 185 Å². The smallest absolute Gasteiger partial charge is 0.261 e. The molecule has 0 saturated carbocycles. The molecule has 0 unspecified atom stereocenters. The minimum absolute atomic E-state index is 0.140. The Kier molecular flexibility index (Phi) is 9.08. The van der Waals surface area contributed by atoms with Crippen LogP contribution in [0.1, 0.15) is 25.8 Å². The number of nitrogens with one attached hydrogen (secondary N) is 1. The van der Waals surface area contributed by atoms with Crippen LogP contribution >= 0.6 is 34.8 Å². The van der Waals surface area contributed by atoms with Crippen molar-refractivity contribution >= 4 is 46.6 Å². The summed E-state index contributed by atoms with van der Waals surface area (Å²) in [6, 6.07) is 11.2. The zero-order valence-corrected chi connectivity index (χ0v) is 18.5. The molecule has 8 heteroatoms. The minimum atomic E-state index is -0.712. The Morgan fingerprint density at radius 1 is 1.10 bits per heavy atom. The molecule has 2 amide bonds.